The first-order chi connectivity index (χ1) is 14.5. The van der Waals surface area contributed by atoms with Crippen LogP contribution in [0.4, 0.5) is 0 Å². The summed E-state index contributed by atoms with van der Waals surface area (Å²) >= 11 is 0. The van der Waals surface area contributed by atoms with Gasteiger partial charge in [0, 0.05) is 32.2 Å². The van der Waals surface area contributed by atoms with Gasteiger partial charge in [0.05, 0.1) is 18.3 Å². The number of nitrogens with one attached hydrogen (secondary N) is 1. The lowest BCUT2D eigenvalue weighted by atomic mass is 9.80. The Morgan fingerprint density at radius 3 is 2.55 bits per heavy atom. The highest BCUT2D eigenvalue weighted by molar-refractivity contribution is 5.97. The Morgan fingerprint density at radius 2 is 1.87 bits per heavy atom. The Bertz CT molecular complexity index is 772. The second kappa shape index (κ2) is 9.78. The van der Waals surface area contributed by atoms with Crippen LogP contribution in [0.1, 0.15) is 75.7 Å². The molecule has 1 aliphatic carbocycles. The van der Waals surface area contributed by atoms with Crippen molar-refractivity contribution in [3.8, 4) is 11.5 Å². The Balaban J connectivity index is 1.53. The molecule has 1 aromatic carbocycles. The van der Waals surface area contributed by atoms with Crippen molar-refractivity contribution in [1.29, 1.82) is 0 Å². The largest absolute Gasteiger partial charge is 0.508 e. The zero-order valence-electron chi connectivity index (χ0n) is 19.8. The van der Waals surface area contributed by atoms with Crippen molar-refractivity contribution in [3.05, 3.63) is 23.3 Å². The van der Waals surface area contributed by atoms with Gasteiger partial charge in [0.15, 0.2) is 0 Å². The predicted octanol–water partition coefficient (Wildman–Crippen LogP) is 4.11. The van der Waals surface area contributed by atoms with Crippen LogP contribution in [0.5, 0.6) is 11.5 Å². The molecule has 2 aliphatic rings. The Labute approximate surface area is 187 Å². The van der Waals surface area contributed by atoms with E-state index in [9.17, 15) is 15.0 Å². The average molecular weight is 433 g/mol. The van der Waals surface area contributed by atoms with E-state index in [1.165, 1.54) is 6.07 Å². The molecule has 3 unspecified atom stereocenters. The second-order valence-corrected chi connectivity index (χ2v) is 10.9. The fraction of sp³-hybridized carbons (Fsp3) is 0.720. The van der Waals surface area contributed by atoms with Crippen molar-refractivity contribution in [2.45, 2.75) is 65.9 Å². The summed E-state index contributed by atoms with van der Waals surface area (Å²) in [4.78, 5) is 15.0. The van der Waals surface area contributed by atoms with Crippen molar-refractivity contribution >= 4 is 5.91 Å². The Morgan fingerprint density at radius 1 is 1.16 bits per heavy atom. The molecule has 0 radical (unpaired) electrons. The van der Waals surface area contributed by atoms with Gasteiger partial charge in [0.25, 0.3) is 5.91 Å². The predicted molar refractivity (Wildman–Crippen MR) is 123 cm³/mol. The lowest BCUT2D eigenvalue weighted by molar-refractivity contribution is 0.00684. The first kappa shape index (κ1) is 23.9. The van der Waals surface area contributed by atoms with Crippen LogP contribution in [0.2, 0.25) is 0 Å². The summed E-state index contributed by atoms with van der Waals surface area (Å²) in [5.41, 5.74) is 1.25. The highest BCUT2D eigenvalue weighted by atomic mass is 16.5. The molecule has 6 heteroatoms. The third-order valence-electron chi connectivity index (χ3n) is 6.57. The molecule has 3 rings (SSSR count). The van der Waals surface area contributed by atoms with Crippen LogP contribution in [-0.4, -0.2) is 59.9 Å². The summed E-state index contributed by atoms with van der Waals surface area (Å²) in [5.74, 6) is 0.782. The Hall–Kier alpha value is -1.79. The number of aromatic hydroxyl groups is 2. The van der Waals surface area contributed by atoms with Gasteiger partial charge in [0.2, 0.25) is 0 Å². The number of carbonyl (C=O) groups excluding carboxylic acids is 1. The van der Waals surface area contributed by atoms with Crippen molar-refractivity contribution < 1.29 is 19.7 Å². The van der Waals surface area contributed by atoms with Gasteiger partial charge in [-0.25, -0.2) is 0 Å². The summed E-state index contributed by atoms with van der Waals surface area (Å²) in [6.07, 6.45) is 3.38. The number of benzene rings is 1. The molecule has 0 spiro atoms. The van der Waals surface area contributed by atoms with Gasteiger partial charge in [-0.05, 0) is 54.1 Å². The molecule has 1 amide bonds. The number of phenols is 2. The van der Waals surface area contributed by atoms with Gasteiger partial charge in [0.1, 0.15) is 11.5 Å². The quantitative estimate of drug-likeness (QED) is 0.565. The standard InChI is InChI=1S/C25H40N2O4/c1-16(2)20-11-21(23(29)12-22(20)28)24(30)27-13-17-6-7-19(10-18(17)14-27)31-9-8-26-15-25(3,4)5/h11-12,16-19,26,28-29H,6-10,13-15H2,1-5H3. The summed E-state index contributed by atoms with van der Waals surface area (Å²) in [6.45, 7) is 14.6. The molecule has 3 atom stereocenters. The smallest absolute Gasteiger partial charge is 0.257 e. The fourth-order valence-electron chi connectivity index (χ4n) is 4.86. The van der Waals surface area contributed by atoms with Gasteiger partial charge in [-0.2, -0.15) is 0 Å². The normalized spacial score (nSPS) is 23.9. The minimum absolute atomic E-state index is 0.0381. The number of amides is 1. The number of likely N-dealkylation sites (tertiary alicyclic amines) is 1. The van der Waals surface area contributed by atoms with Gasteiger partial charge in [-0.1, -0.05) is 34.6 Å². The third kappa shape index (κ3) is 6.13. The first-order valence-corrected chi connectivity index (χ1v) is 11.7. The number of nitrogens with zero attached hydrogens (tertiary/aromatic N) is 1. The van der Waals surface area contributed by atoms with Crippen LogP contribution in [0, 0.1) is 17.3 Å². The molecule has 1 aromatic rings. The maximum absolute atomic E-state index is 13.1. The van der Waals surface area contributed by atoms with E-state index in [1.807, 2.05) is 18.7 Å². The number of fused-ring (bicyclic) bond motifs is 1. The number of phenolic OH excluding ortho intramolecular Hbond substituents is 2. The molecule has 1 heterocycles. The zero-order valence-corrected chi connectivity index (χ0v) is 19.8. The molecule has 1 saturated carbocycles. The summed E-state index contributed by atoms with van der Waals surface area (Å²) in [7, 11) is 0. The monoisotopic (exact) mass is 432 g/mol. The van der Waals surface area contributed by atoms with Gasteiger partial charge >= 0.3 is 0 Å². The summed E-state index contributed by atoms with van der Waals surface area (Å²) in [6, 6.07) is 2.94. The number of carbonyl (C=O) groups is 1. The van der Waals surface area contributed by atoms with Crippen LogP contribution < -0.4 is 5.32 Å². The van der Waals surface area contributed by atoms with Gasteiger partial charge < -0.3 is 25.2 Å². The molecule has 1 aliphatic heterocycles. The van der Waals surface area contributed by atoms with Crippen molar-refractivity contribution in [3.63, 3.8) is 0 Å². The maximum atomic E-state index is 13.1. The molecule has 31 heavy (non-hydrogen) atoms. The molecule has 6 nitrogen and oxygen atoms in total. The van der Waals surface area contributed by atoms with E-state index in [0.29, 0.717) is 23.9 Å². The fourth-order valence-corrected chi connectivity index (χ4v) is 4.86. The van der Waals surface area contributed by atoms with Crippen LogP contribution in [0.25, 0.3) is 0 Å². The molecule has 174 valence electrons. The zero-order chi connectivity index (χ0) is 22.8. The van der Waals surface area contributed by atoms with Gasteiger partial charge in [-0.3, -0.25) is 4.79 Å². The second-order valence-electron chi connectivity index (χ2n) is 10.9. The molecular formula is C25H40N2O4. The number of hydrogen-bond donors (Lipinski definition) is 3. The van der Waals surface area contributed by atoms with E-state index in [-0.39, 0.29) is 40.4 Å². The van der Waals surface area contributed by atoms with Crippen LogP contribution in [0.3, 0.4) is 0 Å². The van der Waals surface area contributed by atoms with E-state index in [0.717, 1.165) is 45.5 Å². The van der Waals surface area contributed by atoms with E-state index in [4.69, 9.17) is 4.74 Å². The molecular weight excluding hydrogens is 392 g/mol. The lowest BCUT2D eigenvalue weighted by Gasteiger charge is -2.30. The minimum Gasteiger partial charge on any atom is -0.508 e. The maximum Gasteiger partial charge on any atom is 0.257 e. The topological polar surface area (TPSA) is 82.0 Å². The van der Waals surface area contributed by atoms with Crippen LogP contribution >= 0.6 is 0 Å². The summed E-state index contributed by atoms with van der Waals surface area (Å²) in [5, 5.41) is 23.8. The van der Waals surface area contributed by atoms with Crippen molar-refractivity contribution in [2.75, 3.05) is 32.8 Å². The highest BCUT2D eigenvalue weighted by Crippen LogP contribution is 2.39. The van der Waals surface area contributed by atoms with Crippen molar-refractivity contribution in [2.24, 2.45) is 17.3 Å². The van der Waals surface area contributed by atoms with E-state index in [2.05, 4.69) is 26.1 Å². The molecule has 2 fully saturated rings. The third-order valence-corrected chi connectivity index (χ3v) is 6.57. The SMILES string of the molecule is CC(C)c1cc(C(=O)N2CC3CCC(OCCNCC(C)(C)C)CC3C2)c(O)cc1O. The first-order valence-electron chi connectivity index (χ1n) is 11.7. The number of rotatable bonds is 7. The minimum atomic E-state index is -0.147. The van der Waals surface area contributed by atoms with E-state index < -0.39 is 0 Å². The highest BCUT2D eigenvalue weighted by Gasteiger charge is 2.40. The molecule has 3 N–H and O–H groups in total. The van der Waals surface area contributed by atoms with Gasteiger partial charge in [-0.15, -0.1) is 0 Å². The van der Waals surface area contributed by atoms with Crippen LogP contribution in [-0.2, 0) is 4.74 Å². The number of ether oxygens (including phenoxy) is 1. The summed E-state index contributed by atoms with van der Waals surface area (Å²) < 4.78 is 6.13. The molecule has 1 saturated heterocycles. The van der Waals surface area contributed by atoms with Crippen molar-refractivity contribution in [1.82, 2.24) is 10.2 Å². The van der Waals surface area contributed by atoms with E-state index in [1.54, 1.807) is 6.07 Å². The Kier molecular flexibility index (Phi) is 7.53. The average Bonchev–Trinajstić information content (AvgIpc) is 3.09. The lowest BCUT2D eigenvalue weighted by Crippen LogP contribution is -2.33. The van der Waals surface area contributed by atoms with Crippen LogP contribution in [0.15, 0.2) is 12.1 Å². The molecule has 0 aromatic heterocycles. The van der Waals surface area contributed by atoms with E-state index >= 15 is 0 Å². The number of hydrogen-bond acceptors (Lipinski definition) is 5. The molecule has 0 bridgehead atoms.